The molecule has 4 aromatic heterocycles. The van der Waals surface area contributed by atoms with Gasteiger partial charge in [-0.15, -0.1) is 9.24 Å². The second-order valence-corrected chi connectivity index (χ2v) is 11.9. The first kappa shape index (κ1) is 26.8. The first-order chi connectivity index (χ1) is 20.0. The van der Waals surface area contributed by atoms with Crippen LogP contribution in [0.5, 0.6) is 0 Å². The van der Waals surface area contributed by atoms with Crippen LogP contribution in [0, 0.1) is 5.82 Å². The Bertz CT molecular complexity index is 2040. The number of hydrogen-bond acceptors (Lipinski definition) is 8. The number of nitrogens with two attached hydrogens (primary N) is 2. The summed E-state index contributed by atoms with van der Waals surface area (Å²) in [6.07, 6.45) is 4.04. The lowest BCUT2D eigenvalue weighted by molar-refractivity contribution is 0.0694. The number of halogens is 1. The van der Waals surface area contributed by atoms with Crippen molar-refractivity contribution in [2.75, 3.05) is 43.9 Å². The third kappa shape index (κ3) is 3.49. The fourth-order valence-electron chi connectivity index (χ4n) is 6.76. The van der Waals surface area contributed by atoms with Crippen LogP contribution in [0.1, 0.15) is 16.8 Å². The van der Waals surface area contributed by atoms with Gasteiger partial charge in [0.15, 0.2) is 0 Å². The van der Waals surface area contributed by atoms with Gasteiger partial charge in [-0.2, -0.15) is 0 Å². The van der Waals surface area contributed by atoms with E-state index < -0.39 is 28.5 Å². The third-order valence-electron chi connectivity index (χ3n) is 9.18. The minimum Gasteiger partial charge on any atom is -0.477 e. The SMILES string of the molecule is CNc1cc(F)c(P)c2c1[nH]c1ncc(-c3ccc4ccc(C(=O)O)c(=O)n4c3)c(N3C[C@]4(N)CCN(C)[C@]4(N)C3)c12. The molecule has 3 atom stereocenters. The largest absolute Gasteiger partial charge is 0.477 e. The van der Waals surface area contributed by atoms with Gasteiger partial charge in [-0.1, -0.05) is 6.07 Å². The number of likely N-dealkylation sites (tertiary alicyclic amines) is 1. The standard InChI is InChI=1S/C29H30FN8O3P/c1-33-19-9-18(30)24(42)20-21-23(37-12-28(31)7-8-36(2)29(28,32)13-37)17(10-34-25(21)35-22(19)20)14-3-4-15-5-6-16(27(40)41)26(39)38(15)11-14/h3-6,9-11,33H,7-8,12-13,31-32,42H2,1-2H3,(H,34,35)(H,40,41)/t28-,29-/m1/s1. The van der Waals surface area contributed by atoms with E-state index >= 15 is 4.39 Å². The van der Waals surface area contributed by atoms with Gasteiger partial charge in [0.05, 0.1) is 34.4 Å². The molecule has 6 heterocycles. The number of anilines is 2. The maximum absolute atomic E-state index is 15.3. The average molecular weight is 589 g/mol. The Labute approximate surface area is 241 Å². The first-order valence-electron chi connectivity index (χ1n) is 13.5. The molecule has 2 aliphatic heterocycles. The Morgan fingerprint density at radius 1 is 1.21 bits per heavy atom. The molecule has 42 heavy (non-hydrogen) atoms. The van der Waals surface area contributed by atoms with Crippen LogP contribution in [0.25, 0.3) is 38.6 Å². The van der Waals surface area contributed by atoms with E-state index in [0.29, 0.717) is 69.1 Å². The van der Waals surface area contributed by atoms with Crippen LogP contribution in [0.2, 0.25) is 0 Å². The molecule has 2 fully saturated rings. The Hall–Kier alpha value is -4.09. The van der Waals surface area contributed by atoms with Crippen molar-refractivity contribution in [2.24, 2.45) is 11.5 Å². The monoisotopic (exact) mass is 588 g/mol. The van der Waals surface area contributed by atoms with Crippen LogP contribution in [0.3, 0.4) is 0 Å². The van der Waals surface area contributed by atoms with E-state index in [9.17, 15) is 14.7 Å². The second kappa shape index (κ2) is 8.95. The molecule has 0 aliphatic carbocycles. The van der Waals surface area contributed by atoms with E-state index in [4.69, 9.17) is 16.5 Å². The molecule has 1 aromatic carbocycles. The van der Waals surface area contributed by atoms with E-state index in [1.165, 1.54) is 16.5 Å². The summed E-state index contributed by atoms with van der Waals surface area (Å²) in [6.45, 7) is 1.64. The summed E-state index contributed by atoms with van der Waals surface area (Å²) >= 11 is 0. The molecule has 0 radical (unpaired) electrons. The Balaban J connectivity index is 1.56. The number of hydrogen-bond donors (Lipinski definition) is 5. The number of rotatable bonds is 4. The smallest absolute Gasteiger partial charge is 0.341 e. The van der Waals surface area contributed by atoms with Crippen molar-refractivity contribution in [1.29, 1.82) is 0 Å². The van der Waals surface area contributed by atoms with Crippen LogP contribution in [-0.4, -0.2) is 75.3 Å². The number of aromatic amines is 1. The van der Waals surface area contributed by atoms with Crippen LogP contribution in [0.4, 0.5) is 15.8 Å². The minimum absolute atomic E-state index is 0.330. The van der Waals surface area contributed by atoms with Gasteiger partial charge in [-0.25, -0.2) is 14.2 Å². The molecule has 2 aliphatic rings. The molecule has 0 spiro atoms. The molecule has 7 N–H and O–H groups in total. The third-order valence-corrected chi connectivity index (χ3v) is 9.74. The fourth-order valence-corrected chi connectivity index (χ4v) is 7.13. The zero-order valence-corrected chi connectivity index (χ0v) is 24.2. The summed E-state index contributed by atoms with van der Waals surface area (Å²) in [5.41, 5.74) is 15.9. The highest BCUT2D eigenvalue weighted by atomic mass is 31.0. The quantitative estimate of drug-likeness (QED) is 0.198. The summed E-state index contributed by atoms with van der Waals surface area (Å²) in [5.74, 6) is -1.69. The molecule has 11 nitrogen and oxygen atoms in total. The molecule has 7 rings (SSSR count). The summed E-state index contributed by atoms with van der Waals surface area (Å²) in [5, 5.41) is 14.3. The van der Waals surface area contributed by atoms with Gasteiger partial charge in [0, 0.05) is 59.9 Å². The highest BCUT2D eigenvalue weighted by Gasteiger charge is 2.60. The normalized spacial score (nSPS) is 22.5. The summed E-state index contributed by atoms with van der Waals surface area (Å²) in [6, 6.07) is 7.95. The zero-order valence-electron chi connectivity index (χ0n) is 23.0. The molecule has 0 amide bonds. The van der Waals surface area contributed by atoms with E-state index in [1.54, 1.807) is 31.6 Å². The van der Waals surface area contributed by atoms with Gasteiger partial charge in [0.25, 0.3) is 5.56 Å². The number of likely N-dealkylation sites (N-methyl/N-ethyl adjacent to an activating group) is 1. The van der Waals surface area contributed by atoms with Gasteiger partial charge in [0.2, 0.25) is 0 Å². The number of aromatic nitrogens is 3. The van der Waals surface area contributed by atoms with Crippen molar-refractivity contribution < 1.29 is 14.3 Å². The molecular formula is C29H30FN8O3P. The maximum Gasteiger partial charge on any atom is 0.341 e. The molecule has 216 valence electrons. The highest BCUT2D eigenvalue weighted by molar-refractivity contribution is 7.28. The molecular weight excluding hydrogens is 558 g/mol. The second-order valence-electron chi connectivity index (χ2n) is 11.4. The molecule has 0 bridgehead atoms. The highest BCUT2D eigenvalue weighted by Crippen LogP contribution is 2.47. The lowest BCUT2D eigenvalue weighted by Crippen LogP contribution is -2.67. The van der Waals surface area contributed by atoms with Crippen molar-refractivity contribution in [1.82, 2.24) is 19.3 Å². The minimum atomic E-state index is -1.30. The van der Waals surface area contributed by atoms with Gasteiger partial charge in [-0.05, 0) is 37.7 Å². The summed E-state index contributed by atoms with van der Waals surface area (Å²) in [7, 11) is 6.22. The van der Waals surface area contributed by atoms with Crippen molar-refractivity contribution in [3.8, 4) is 11.1 Å². The van der Waals surface area contributed by atoms with Gasteiger partial charge in [-0.3, -0.25) is 14.1 Å². The number of fused-ring (bicyclic) bond motifs is 5. The molecule has 1 unspecified atom stereocenters. The van der Waals surface area contributed by atoms with Crippen LogP contribution in [-0.2, 0) is 0 Å². The lowest BCUT2D eigenvalue weighted by atomic mass is 9.89. The first-order valence-corrected chi connectivity index (χ1v) is 14.1. The number of carbonyl (C=O) groups is 1. The Morgan fingerprint density at radius 3 is 2.69 bits per heavy atom. The number of aromatic carboxylic acids is 1. The topological polar surface area (TPSA) is 158 Å². The zero-order chi connectivity index (χ0) is 29.7. The van der Waals surface area contributed by atoms with E-state index in [-0.39, 0.29) is 5.56 Å². The van der Waals surface area contributed by atoms with Crippen molar-refractivity contribution in [2.45, 2.75) is 17.6 Å². The lowest BCUT2D eigenvalue weighted by Gasteiger charge is -2.36. The Kier molecular flexibility index (Phi) is 5.71. The van der Waals surface area contributed by atoms with Crippen LogP contribution >= 0.6 is 9.24 Å². The van der Waals surface area contributed by atoms with Gasteiger partial charge < -0.3 is 31.8 Å². The fraction of sp³-hybridized carbons (Fsp3) is 0.276. The summed E-state index contributed by atoms with van der Waals surface area (Å²) < 4.78 is 16.6. The predicted molar refractivity (Wildman–Crippen MR) is 165 cm³/mol. The van der Waals surface area contributed by atoms with Gasteiger partial charge >= 0.3 is 5.97 Å². The van der Waals surface area contributed by atoms with Crippen LogP contribution < -0.4 is 32.5 Å². The number of carboxylic acids is 1. The average Bonchev–Trinajstić information content (AvgIpc) is 3.55. The number of H-pyrrole nitrogens is 1. The van der Waals surface area contributed by atoms with Crippen molar-refractivity contribution in [3.05, 3.63) is 64.5 Å². The van der Waals surface area contributed by atoms with E-state index in [2.05, 4.69) is 29.3 Å². The van der Waals surface area contributed by atoms with Crippen molar-refractivity contribution in [3.63, 3.8) is 0 Å². The molecule has 13 heteroatoms. The van der Waals surface area contributed by atoms with Gasteiger partial charge in [0.1, 0.15) is 22.7 Å². The maximum atomic E-state index is 15.3. The Morgan fingerprint density at radius 2 is 1.98 bits per heavy atom. The predicted octanol–water partition coefficient (Wildman–Crippen LogP) is 1.88. The van der Waals surface area contributed by atoms with Crippen LogP contribution in [0.15, 0.2) is 47.5 Å². The number of carboxylic acid groups (broad SMARTS) is 1. The summed E-state index contributed by atoms with van der Waals surface area (Å²) in [4.78, 5) is 37.1. The number of benzene rings is 1. The number of pyridine rings is 3. The molecule has 5 aromatic rings. The molecule has 2 saturated heterocycles. The van der Waals surface area contributed by atoms with Crippen molar-refractivity contribution >= 4 is 59.3 Å². The number of nitrogens with one attached hydrogen (secondary N) is 2. The number of nitrogens with zero attached hydrogens (tertiary/aromatic N) is 4. The van der Waals surface area contributed by atoms with E-state index in [0.717, 1.165) is 12.2 Å². The molecule has 0 saturated carbocycles. The van der Waals surface area contributed by atoms with E-state index in [1.807, 2.05) is 13.1 Å².